The van der Waals surface area contributed by atoms with Crippen molar-refractivity contribution in [1.29, 1.82) is 0 Å². The van der Waals surface area contributed by atoms with Crippen molar-refractivity contribution in [2.24, 2.45) is 0 Å². The number of nitrogens with one attached hydrogen (secondary N) is 1. The van der Waals surface area contributed by atoms with Crippen molar-refractivity contribution < 1.29 is 9.47 Å². The molecule has 1 aromatic heterocycles. The van der Waals surface area contributed by atoms with E-state index in [9.17, 15) is 0 Å². The number of hydrogen-bond donors (Lipinski definition) is 1. The average molecular weight is 308 g/mol. The number of methoxy groups -OCH3 is 2. The van der Waals surface area contributed by atoms with Gasteiger partial charge in [-0.1, -0.05) is 17.7 Å². The summed E-state index contributed by atoms with van der Waals surface area (Å²) in [7, 11) is 3.26. The number of rotatable bonds is 4. The summed E-state index contributed by atoms with van der Waals surface area (Å²) >= 11 is 0. The summed E-state index contributed by atoms with van der Waals surface area (Å²) in [5.74, 6) is 1.37. The van der Waals surface area contributed by atoms with Crippen LogP contribution in [0.5, 0.6) is 11.5 Å². The predicted molar refractivity (Wildman–Crippen MR) is 94.0 cm³/mol. The number of anilines is 2. The van der Waals surface area contributed by atoms with E-state index in [0.717, 1.165) is 22.3 Å². The first kappa shape index (κ1) is 15.2. The zero-order valence-electron chi connectivity index (χ0n) is 13.8. The van der Waals surface area contributed by atoms with E-state index in [1.165, 1.54) is 11.1 Å². The van der Waals surface area contributed by atoms with Gasteiger partial charge < -0.3 is 14.8 Å². The van der Waals surface area contributed by atoms with Gasteiger partial charge in [0.15, 0.2) is 11.5 Å². The molecule has 0 aliphatic rings. The number of pyridine rings is 1. The molecule has 0 radical (unpaired) electrons. The van der Waals surface area contributed by atoms with E-state index in [0.29, 0.717) is 11.5 Å². The Morgan fingerprint density at radius 3 is 2.30 bits per heavy atom. The Bertz CT molecular complexity index is 859. The molecule has 0 spiro atoms. The minimum absolute atomic E-state index is 0.677. The smallest absolute Gasteiger partial charge is 0.162 e. The van der Waals surface area contributed by atoms with Gasteiger partial charge in [0.05, 0.1) is 19.7 Å². The molecule has 23 heavy (non-hydrogen) atoms. The Morgan fingerprint density at radius 1 is 0.870 bits per heavy atom. The van der Waals surface area contributed by atoms with Crippen LogP contribution in [-0.4, -0.2) is 19.2 Å². The summed E-state index contributed by atoms with van der Waals surface area (Å²) in [5, 5.41) is 4.49. The number of nitrogens with zero attached hydrogens (tertiary/aromatic N) is 1. The highest BCUT2D eigenvalue weighted by Gasteiger charge is 2.10. The van der Waals surface area contributed by atoms with E-state index in [2.05, 4.69) is 42.3 Å². The highest BCUT2D eigenvalue weighted by molar-refractivity contribution is 5.95. The molecule has 118 valence electrons. The Labute approximate surface area is 136 Å². The molecule has 0 saturated carbocycles. The van der Waals surface area contributed by atoms with E-state index in [1.54, 1.807) is 20.4 Å². The maximum absolute atomic E-state index is 5.41. The number of aryl methyl sites for hydroxylation is 2. The Hall–Kier alpha value is -2.75. The molecule has 3 aromatic rings. The number of hydrogen-bond acceptors (Lipinski definition) is 4. The summed E-state index contributed by atoms with van der Waals surface area (Å²) in [4.78, 5) is 4.43. The molecule has 0 unspecified atom stereocenters. The van der Waals surface area contributed by atoms with Crippen molar-refractivity contribution in [3.63, 3.8) is 0 Å². The first-order chi connectivity index (χ1) is 11.1. The molecular formula is C19H20N2O2. The number of ether oxygens (including phenoxy) is 2. The lowest BCUT2D eigenvalue weighted by Gasteiger charge is -2.14. The molecule has 4 nitrogen and oxygen atoms in total. The monoisotopic (exact) mass is 308 g/mol. The van der Waals surface area contributed by atoms with Gasteiger partial charge in [0, 0.05) is 29.0 Å². The number of benzene rings is 2. The summed E-state index contributed by atoms with van der Waals surface area (Å²) in [6.45, 7) is 4.19. The Kier molecular flexibility index (Phi) is 4.06. The lowest BCUT2D eigenvalue weighted by Crippen LogP contribution is -1.97. The van der Waals surface area contributed by atoms with Crippen molar-refractivity contribution in [1.82, 2.24) is 4.98 Å². The maximum atomic E-state index is 5.41. The second kappa shape index (κ2) is 6.16. The highest BCUT2D eigenvalue weighted by Crippen LogP contribution is 2.35. The molecule has 0 saturated heterocycles. The van der Waals surface area contributed by atoms with E-state index in [4.69, 9.17) is 9.47 Å². The molecule has 2 aromatic carbocycles. The molecule has 0 aliphatic heterocycles. The molecule has 0 aliphatic carbocycles. The fourth-order valence-electron chi connectivity index (χ4n) is 2.68. The predicted octanol–water partition coefficient (Wildman–Crippen LogP) is 4.61. The normalized spacial score (nSPS) is 10.6. The van der Waals surface area contributed by atoms with Gasteiger partial charge in [-0.15, -0.1) is 0 Å². The average Bonchev–Trinajstić information content (AvgIpc) is 2.56. The summed E-state index contributed by atoms with van der Waals surface area (Å²) in [5.41, 5.74) is 5.38. The van der Waals surface area contributed by atoms with Gasteiger partial charge in [0.2, 0.25) is 0 Å². The lowest BCUT2D eigenvalue weighted by atomic mass is 10.1. The summed E-state index contributed by atoms with van der Waals surface area (Å²) in [6.07, 6.45) is 1.79. The third kappa shape index (κ3) is 2.93. The van der Waals surface area contributed by atoms with Crippen LogP contribution in [0.3, 0.4) is 0 Å². The van der Waals surface area contributed by atoms with Crippen molar-refractivity contribution in [2.45, 2.75) is 13.8 Å². The molecule has 1 N–H and O–H groups in total. The first-order valence-electron chi connectivity index (χ1n) is 7.47. The van der Waals surface area contributed by atoms with Crippen LogP contribution >= 0.6 is 0 Å². The van der Waals surface area contributed by atoms with E-state index < -0.39 is 0 Å². The van der Waals surface area contributed by atoms with Crippen molar-refractivity contribution in [2.75, 3.05) is 19.5 Å². The minimum Gasteiger partial charge on any atom is -0.493 e. The van der Waals surface area contributed by atoms with Crippen LogP contribution in [0.15, 0.2) is 42.6 Å². The molecular weight excluding hydrogens is 288 g/mol. The second-order valence-corrected chi connectivity index (χ2v) is 5.53. The molecule has 0 fully saturated rings. The zero-order valence-corrected chi connectivity index (χ0v) is 13.8. The van der Waals surface area contributed by atoms with Crippen LogP contribution in [0.1, 0.15) is 11.1 Å². The fraction of sp³-hybridized carbons (Fsp3) is 0.211. The minimum atomic E-state index is 0.677. The molecule has 3 rings (SSSR count). The van der Waals surface area contributed by atoms with Gasteiger partial charge in [-0.2, -0.15) is 0 Å². The maximum Gasteiger partial charge on any atom is 0.162 e. The van der Waals surface area contributed by atoms with Gasteiger partial charge in [0.1, 0.15) is 0 Å². The molecule has 1 heterocycles. The zero-order chi connectivity index (χ0) is 16.4. The van der Waals surface area contributed by atoms with Crippen LogP contribution in [-0.2, 0) is 0 Å². The van der Waals surface area contributed by atoms with Gasteiger partial charge in [-0.05, 0) is 37.6 Å². The van der Waals surface area contributed by atoms with Crippen molar-refractivity contribution in [3.8, 4) is 11.5 Å². The van der Waals surface area contributed by atoms with Crippen LogP contribution in [0.25, 0.3) is 10.9 Å². The topological polar surface area (TPSA) is 43.4 Å². The van der Waals surface area contributed by atoms with E-state index in [1.807, 2.05) is 18.2 Å². The van der Waals surface area contributed by atoms with Gasteiger partial charge in [-0.3, -0.25) is 4.98 Å². The third-order valence-corrected chi connectivity index (χ3v) is 3.90. The highest BCUT2D eigenvalue weighted by atomic mass is 16.5. The number of aromatic nitrogens is 1. The van der Waals surface area contributed by atoms with Gasteiger partial charge in [0.25, 0.3) is 0 Å². The first-order valence-corrected chi connectivity index (χ1v) is 7.47. The van der Waals surface area contributed by atoms with Crippen LogP contribution < -0.4 is 14.8 Å². The second-order valence-electron chi connectivity index (χ2n) is 5.53. The number of fused-ring (bicyclic) bond motifs is 1. The Morgan fingerprint density at radius 2 is 1.61 bits per heavy atom. The molecule has 0 bridgehead atoms. The standard InChI is InChI=1S/C19H20N2O2/c1-12-5-6-15(13(2)9-12)21-16-7-8-20-17-11-19(23-4)18(22-3)10-14(16)17/h5-11H,1-4H3,(H,20,21). The summed E-state index contributed by atoms with van der Waals surface area (Å²) < 4.78 is 10.8. The van der Waals surface area contributed by atoms with Gasteiger partial charge >= 0.3 is 0 Å². The van der Waals surface area contributed by atoms with Crippen LogP contribution in [0.4, 0.5) is 11.4 Å². The molecule has 0 amide bonds. The fourth-order valence-corrected chi connectivity index (χ4v) is 2.68. The van der Waals surface area contributed by atoms with Crippen molar-refractivity contribution in [3.05, 3.63) is 53.7 Å². The molecule has 4 heteroatoms. The molecule has 0 atom stereocenters. The van der Waals surface area contributed by atoms with Crippen LogP contribution in [0.2, 0.25) is 0 Å². The van der Waals surface area contributed by atoms with Crippen molar-refractivity contribution >= 4 is 22.3 Å². The summed E-state index contributed by atoms with van der Waals surface area (Å²) in [6, 6.07) is 12.2. The third-order valence-electron chi connectivity index (χ3n) is 3.90. The Balaban J connectivity index is 2.10. The van der Waals surface area contributed by atoms with Gasteiger partial charge in [-0.25, -0.2) is 0 Å². The largest absolute Gasteiger partial charge is 0.493 e. The SMILES string of the molecule is COc1cc2nccc(Nc3ccc(C)cc3C)c2cc1OC. The van der Waals surface area contributed by atoms with E-state index in [-0.39, 0.29) is 0 Å². The van der Waals surface area contributed by atoms with Crippen LogP contribution in [0, 0.1) is 13.8 Å². The van der Waals surface area contributed by atoms with E-state index >= 15 is 0 Å². The quantitative estimate of drug-likeness (QED) is 0.764. The lowest BCUT2D eigenvalue weighted by molar-refractivity contribution is 0.356.